The van der Waals surface area contributed by atoms with Crippen LogP contribution in [0.25, 0.3) is 11.4 Å². The van der Waals surface area contributed by atoms with E-state index in [9.17, 15) is 0 Å². The topological polar surface area (TPSA) is 42.7 Å². The van der Waals surface area contributed by atoms with Gasteiger partial charge >= 0.3 is 0 Å². The summed E-state index contributed by atoms with van der Waals surface area (Å²) < 4.78 is 2.03. The molecular formula is C13H16N4. The Kier molecular flexibility index (Phi) is 2.35. The van der Waals surface area contributed by atoms with Gasteiger partial charge in [0.25, 0.3) is 0 Å². The summed E-state index contributed by atoms with van der Waals surface area (Å²) in [5.74, 6) is 1.79. The molecule has 1 fully saturated rings. The minimum Gasteiger partial charge on any atom is -0.352 e. The molecule has 2 aromatic rings. The summed E-state index contributed by atoms with van der Waals surface area (Å²) in [6.45, 7) is 2.10. The lowest BCUT2D eigenvalue weighted by Gasteiger charge is -2.07. The highest BCUT2D eigenvalue weighted by Gasteiger charge is 2.23. The van der Waals surface area contributed by atoms with Gasteiger partial charge in [-0.1, -0.05) is 24.3 Å². The van der Waals surface area contributed by atoms with Crippen LogP contribution in [-0.4, -0.2) is 20.8 Å². The normalized spacial score (nSPS) is 14.9. The van der Waals surface area contributed by atoms with Gasteiger partial charge in [0.2, 0.25) is 5.95 Å². The van der Waals surface area contributed by atoms with Gasteiger partial charge in [0.1, 0.15) is 0 Å². The summed E-state index contributed by atoms with van der Waals surface area (Å²) in [4.78, 5) is 0. The number of nitrogens with one attached hydrogen (secondary N) is 1. The Morgan fingerprint density at radius 3 is 2.71 bits per heavy atom. The highest BCUT2D eigenvalue weighted by atomic mass is 15.3. The molecule has 0 radical (unpaired) electrons. The third-order valence-corrected chi connectivity index (χ3v) is 3.17. The van der Waals surface area contributed by atoms with Crippen molar-refractivity contribution in [3.8, 4) is 11.4 Å². The van der Waals surface area contributed by atoms with Crippen LogP contribution in [0.5, 0.6) is 0 Å². The number of nitrogens with zero attached hydrogens (tertiary/aromatic N) is 3. The third kappa shape index (κ3) is 1.90. The van der Waals surface area contributed by atoms with Crippen LogP contribution in [0.3, 0.4) is 0 Å². The number of aromatic nitrogens is 3. The predicted octanol–water partition coefficient (Wildman–Crippen LogP) is 2.36. The number of anilines is 1. The van der Waals surface area contributed by atoms with E-state index in [0.717, 1.165) is 17.3 Å². The van der Waals surface area contributed by atoms with Crippen molar-refractivity contribution in [1.82, 2.24) is 14.8 Å². The zero-order valence-electron chi connectivity index (χ0n) is 10.1. The van der Waals surface area contributed by atoms with Gasteiger partial charge in [-0.15, -0.1) is 10.2 Å². The molecule has 1 aromatic carbocycles. The number of rotatable bonds is 3. The van der Waals surface area contributed by atoms with Crippen molar-refractivity contribution < 1.29 is 0 Å². The van der Waals surface area contributed by atoms with E-state index in [2.05, 4.69) is 34.6 Å². The van der Waals surface area contributed by atoms with Crippen molar-refractivity contribution >= 4 is 5.95 Å². The molecule has 4 heteroatoms. The molecule has 3 rings (SSSR count). The molecule has 0 bridgehead atoms. The van der Waals surface area contributed by atoms with Crippen molar-refractivity contribution in [2.24, 2.45) is 7.05 Å². The molecule has 1 aliphatic rings. The number of aryl methyl sites for hydroxylation is 1. The smallest absolute Gasteiger partial charge is 0.224 e. The van der Waals surface area contributed by atoms with Crippen LogP contribution >= 0.6 is 0 Å². The number of benzene rings is 1. The highest BCUT2D eigenvalue weighted by Crippen LogP contribution is 2.26. The average molecular weight is 228 g/mol. The van der Waals surface area contributed by atoms with E-state index in [1.54, 1.807) is 0 Å². The zero-order chi connectivity index (χ0) is 11.8. The van der Waals surface area contributed by atoms with E-state index in [1.165, 1.54) is 18.4 Å². The monoisotopic (exact) mass is 228 g/mol. The van der Waals surface area contributed by atoms with Crippen LogP contribution in [0.4, 0.5) is 5.95 Å². The number of hydrogen-bond acceptors (Lipinski definition) is 3. The molecule has 1 N–H and O–H groups in total. The van der Waals surface area contributed by atoms with Crippen LogP contribution < -0.4 is 5.32 Å². The maximum Gasteiger partial charge on any atom is 0.224 e. The minimum atomic E-state index is 0.600. The minimum absolute atomic E-state index is 0.600. The fourth-order valence-electron chi connectivity index (χ4n) is 1.92. The predicted molar refractivity (Wildman–Crippen MR) is 67.8 cm³/mol. The molecule has 1 saturated carbocycles. The van der Waals surface area contributed by atoms with Crippen LogP contribution in [0.1, 0.15) is 18.4 Å². The molecule has 88 valence electrons. The molecule has 0 unspecified atom stereocenters. The van der Waals surface area contributed by atoms with Crippen molar-refractivity contribution in [3.05, 3.63) is 29.8 Å². The van der Waals surface area contributed by atoms with E-state index < -0.39 is 0 Å². The summed E-state index contributed by atoms with van der Waals surface area (Å²) in [6, 6.07) is 8.85. The standard InChI is InChI=1S/C13H16N4/c1-9-5-3-4-6-11(9)12-15-16-13(17(12)2)14-10-7-8-10/h3-6,10H,7-8H2,1-2H3,(H,14,16). The van der Waals surface area contributed by atoms with Crippen LogP contribution in [-0.2, 0) is 7.05 Å². The first-order chi connectivity index (χ1) is 8.25. The second-order valence-corrected chi connectivity index (χ2v) is 4.64. The zero-order valence-corrected chi connectivity index (χ0v) is 10.1. The molecule has 0 aliphatic heterocycles. The van der Waals surface area contributed by atoms with E-state index in [4.69, 9.17) is 0 Å². The maximum atomic E-state index is 4.28. The van der Waals surface area contributed by atoms with Gasteiger partial charge in [-0.3, -0.25) is 4.57 Å². The summed E-state index contributed by atoms with van der Waals surface area (Å²) in [7, 11) is 2.01. The largest absolute Gasteiger partial charge is 0.352 e. The molecule has 1 aromatic heterocycles. The quantitative estimate of drug-likeness (QED) is 0.877. The molecule has 1 aliphatic carbocycles. The van der Waals surface area contributed by atoms with E-state index in [1.807, 2.05) is 23.7 Å². The van der Waals surface area contributed by atoms with Gasteiger partial charge in [0, 0.05) is 18.7 Å². The molecule has 0 atom stereocenters. The molecular weight excluding hydrogens is 212 g/mol. The Hall–Kier alpha value is -1.84. The number of hydrogen-bond donors (Lipinski definition) is 1. The lowest BCUT2D eigenvalue weighted by atomic mass is 10.1. The molecule has 4 nitrogen and oxygen atoms in total. The van der Waals surface area contributed by atoms with Crippen molar-refractivity contribution in [2.45, 2.75) is 25.8 Å². The molecule has 0 spiro atoms. The molecule has 0 amide bonds. The second-order valence-electron chi connectivity index (χ2n) is 4.64. The van der Waals surface area contributed by atoms with Gasteiger partial charge in [0.05, 0.1) is 0 Å². The lowest BCUT2D eigenvalue weighted by molar-refractivity contribution is 0.904. The highest BCUT2D eigenvalue weighted by molar-refractivity contribution is 5.61. The van der Waals surface area contributed by atoms with E-state index in [0.29, 0.717) is 6.04 Å². The van der Waals surface area contributed by atoms with Crippen molar-refractivity contribution in [3.63, 3.8) is 0 Å². The summed E-state index contributed by atoms with van der Waals surface area (Å²) >= 11 is 0. The summed E-state index contributed by atoms with van der Waals surface area (Å²) in [5.41, 5.74) is 2.37. The molecule has 0 saturated heterocycles. The van der Waals surface area contributed by atoms with Gasteiger partial charge in [-0.05, 0) is 25.3 Å². The Morgan fingerprint density at radius 2 is 2.00 bits per heavy atom. The van der Waals surface area contributed by atoms with Crippen molar-refractivity contribution in [1.29, 1.82) is 0 Å². The molecule has 1 heterocycles. The second kappa shape index (κ2) is 3.87. The Bertz CT molecular complexity index is 540. The van der Waals surface area contributed by atoms with Crippen LogP contribution in [0.2, 0.25) is 0 Å². The lowest BCUT2D eigenvalue weighted by Crippen LogP contribution is -2.07. The van der Waals surface area contributed by atoms with E-state index >= 15 is 0 Å². The van der Waals surface area contributed by atoms with E-state index in [-0.39, 0.29) is 0 Å². The maximum absolute atomic E-state index is 4.28. The van der Waals surface area contributed by atoms with Gasteiger partial charge < -0.3 is 5.32 Å². The first kappa shape index (κ1) is 10.3. The Labute approximate surface area is 101 Å². The first-order valence-electron chi connectivity index (χ1n) is 5.97. The summed E-state index contributed by atoms with van der Waals surface area (Å²) in [5, 5.41) is 11.9. The third-order valence-electron chi connectivity index (χ3n) is 3.17. The summed E-state index contributed by atoms with van der Waals surface area (Å²) in [6.07, 6.45) is 2.49. The van der Waals surface area contributed by atoms with Crippen LogP contribution in [0.15, 0.2) is 24.3 Å². The SMILES string of the molecule is Cc1ccccc1-c1nnc(NC2CC2)n1C. The van der Waals surface area contributed by atoms with Crippen LogP contribution in [0, 0.1) is 6.92 Å². The molecule has 17 heavy (non-hydrogen) atoms. The Balaban J connectivity index is 1.97. The van der Waals surface area contributed by atoms with Crippen molar-refractivity contribution in [2.75, 3.05) is 5.32 Å². The fraction of sp³-hybridized carbons (Fsp3) is 0.385. The van der Waals surface area contributed by atoms with Gasteiger partial charge in [-0.25, -0.2) is 0 Å². The Morgan fingerprint density at radius 1 is 1.24 bits per heavy atom. The average Bonchev–Trinajstić information content (AvgIpc) is 3.07. The fourth-order valence-corrected chi connectivity index (χ4v) is 1.92. The first-order valence-corrected chi connectivity index (χ1v) is 5.97. The van der Waals surface area contributed by atoms with Gasteiger partial charge in [0.15, 0.2) is 5.82 Å². The van der Waals surface area contributed by atoms with Gasteiger partial charge in [-0.2, -0.15) is 0 Å².